The van der Waals surface area contributed by atoms with Crippen molar-refractivity contribution in [2.75, 3.05) is 13.1 Å². The Labute approximate surface area is 113 Å². The summed E-state index contributed by atoms with van der Waals surface area (Å²) < 4.78 is 0. The first kappa shape index (κ1) is 13.1. The number of pyridine rings is 1. The van der Waals surface area contributed by atoms with Gasteiger partial charge in [0.15, 0.2) is 0 Å². The zero-order valence-corrected chi connectivity index (χ0v) is 11.6. The number of halogens is 2. The number of nitrogens with zero attached hydrogens (tertiary/aromatic N) is 2. The molecular weight excluding hydrogens is 255 g/mol. The van der Waals surface area contributed by atoms with Crippen LogP contribution in [0.25, 0.3) is 0 Å². The number of hydrogen-bond donors (Lipinski definition) is 0. The second-order valence-corrected chi connectivity index (χ2v) is 5.51. The first-order chi connectivity index (χ1) is 8.19. The van der Waals surface area contributed by atoms with Gasteiger partial charge in [0, 0.05) is 18.7 Å². The van der Waals surface area contributed by atoms with E-state index in [1.54, 1.807) is 0 Å². The SMILES string of the molecule is CCCN(Cc1ccc(Cl)nc1Cl)CC1CC1. The fourth-order valence-corrected chi connectivity index (χ4v) is 2.42. The minimum absolute atomic E-state index is 0.461. The van der Waals surface area contributed by atoms with E-state index >= 15 is 0 Å². The van der Waals surface area contributed by atoms with Gasteiger partial charge in [0.25, 0.3) is 0 Å². The van der Waals surface area contributed by atoms with Gasteiger partial charge in [0.05, 0.1) is 0 Å². The molecule has 1 aromatic rings. The van der Waals surface area contributed by atoms with Gasteiger partial charge in [-0.1, -0.05) is 36.2 Å². The molecule has 2 rings (SSSR count). The molecule has 94 valence electrons. The first-order valence-electron chi connectivity index (χ1n) is 6.22. The van der Waals surface area contributed by atoms with Gasteiger partial charge in [-0.2, -0.15) is 0 Å². The third kappa shape index (κ3) is 4.13. The molecule has 0 atom stereocenters. The largest absolute Gasteiger partial charge is 0.299 e. The van der Waals surface area contributed by atoms with E-state index in [4.69, 9.17) is 23.2 Å². The molecule has 0 aromatic carbocycles. The second kappa shape index (κ2) is 6.03. The van der Waals surface area contributed by atoms with Crippen LogP contribution < -0.4 is 0 Å². The van der Waals surface area contributed by atoms with Crippen LogP contribution in [0.4, 0.5) is 0 Å². The molecule has 0 aliphatic heterocycles. The number of hydrogen-bond acceptors (Lipinski definition) is 2. The fraction of sp³-hybridized carbons (Fsp3) is 0.615. The van der Waals surface area contributed by atoms with Crippen LogP contribution >= 0.6 is 23.2 Å². The molecule has 0 N–H and O–H groups in total. The average molecular weight is 273 g/mol. The van der Waals surface area contributed by atoms with Crippen molar-refractivity contribution < 1.29 is 0 Å². The van der Waals surface area contributed by atoms with Crippen LogP contribution in [0.15, 0.2) is 12.1 Å². The van der Waals surface area contributed by atoms with Gasteiger partial charge in [0.1, 0.15) is 10.3 Å². The Kier molecular flexibility index (Phi) is 4.66. The molecule has 1 aliphatic rings. The van der Waals surface area contributed by atoms with Crippen molar-refractivity contribution in [3.63, 3.8) is 0 Å². The summed E-state index contributed by atoms with van der Waals surface area (Å²) in [7, 11) is 0. The van der Waals surface area contributed by atoms with E-state index in [1.165, 1.54) is 25.8 Å². The highest BCUT2D eigenvalue weighted by Crippen LogP contribution is 2.30. The van der Waals surface area contributed by atoms with Gasteiger partial charge in [0.2, 0.25) is 0 Å². The summed E-state index contributed by atoms with van der Waals surface area (Å²) in [6.07, 6.45) is 3.94. The summed E-state index contributed by atoms with van der Waals surface area (Å²) in [5.74, 6) is 0.903. The van der Waals surface area contributed by atoms with Gasteiger partial charge in [-0.25, -0.2) is 4.98 Å². The Morgan fingerprint density at radius 1 is 1.35 bits per heavy atom. The third-order valence-electron chi connectivity index (χ3n) is 3.04. The lowest BCUT2D eigenvalue weighted by atomic mass is 10.2. The van der Waals surface area contributed by atoms with E-state index in [0.29, 0.717) is 10.3 Å². The number of aromatic nitrogens is 1. The summed E-state index contributed by atoms with van der Waals surface area (Å²) in [5, 5.41) is 0.998. The van der Waals surface area contributed by atoms with Crippen molar-refractivity contribution in [3.05, 3.63) is 28.0 Å². The third-order valence-corrected chi connectivity index (χ3v) is 3.58. The first-order valence-corrected chi connectivity index (χ1v) is 6.98. The highest BCUT2D eigenvalue weighted by molar-refractivity contribution is 6.32. The molecule has 0 bridgehead atoms. The predicted molar refractivity (Wildman–Crippen MR) is 72.5 cm³/mol. The highest BCUT2D eigenvalue weighted by atomic mass is 35.5. The van der Waals surface area contributed by atoms with E-state index < -0.39 is 0 Å². The van der Waals surface area contributed by atoms with Gasteiger partial charge in [-0.15, -0.1) is 0 Å². The van der Waals surface area contributed by atoms with Crippen molar-refractivity contribution in [1.82, 2.24) is 9.88 Å². The molecule has 1 aromatic heterocycles. The fourth-order valence-electron chi connectivity index (χ4n) is 2.02. The summed E-state index contributed by atoms with van der Waals surface area (Å²) in [4.78, 5) is 6.55. The second-order valence-electron chi connectivity index (χ2n) is 4.76. The predicted octanol–water partition coefficient (Wildman–Crippen LogP) is 4.01. The number of rotatable bonds is 6. The standard InChI is InChI=1S/C13H18Cl2N2/c1-2-7-17(8-10-3-4-10)9-11-5-6-12(14)16-13(11)15/h5-6,10H,2-4,7-9H2,1H3. The molecule has 0 radical (unpaired) electrons. The smallest absolute Gasteiger partial charge is 0.135 e. The van der Waals surface area contributed by atoms with Crippen LogP contribution in [0, 0.1) is 5.92 Å². The topological polar surface area (TPSA) is 16.1 Å². The van der Waals surface area contributed by atoms with Crippen LogP contribution in [0.1, 0.15) is 31.7 Å². The Hall–Kier alpha value is -0.310. The Bertz CT molecular complexity index is 378. The van der Waals surface area contributed by atoms with Crippen molar-refractivity contribution in [2.45, 2.75) is 32.7 Å². The Morgan fingerprint density at radius 2 is 2.12 bits per heavy atom. The average Bonchev–Trinajstić information content (AvgIpc) is 3.06. The highest BCUT2D eigenvalue weighted by Gasteiger charge is 2.24. The monoisotopic (exact) mass is 272 g/mol. The minimum atomic E-state index is 0.461. The van der Waals surface area contributed by atoms with Crippen molar-refractivity contribution in [2.24, 2.45) is 5.92 Å². The molecule has 0 amide bonds. The maximum Gasteiger partial charge on any atom is 0.135 e. The minimum Gasteiger partial charge on any atom is -0.299 e. The lowest BCUT2D eigenvalue weighted by molar-refractivity contribution is 0.255. The summed E-state index contributed by atoms with van der Waals surface area (Å²) in [5.41, 5.74) is 1.07. The zero-order valence-electron chi connectivity index (χ0n) is 10.1. The lowest BCUT2D eigenvalue weighted by Gasteiger charge is -2.21. The Morgan fingerprint density at radius 3 is 2.71 bits per heavy atom. The van der Waals surface area contributed by atoms with Crippen molar-refractivity contribution in [1.29, 1.82) is 0 Å². The van der Waals surface area contributed by atoms with Crippen molar-refractivity contribution >= 4 is 23.2 Å². The van der Waals surface area contributed by atoms with Crippen LogP contribution in [0.5, 0.6) is 0 Å². The van der Waals surface area contributed by atoms with Crippen LogP contribution in [0.3, 0.4) is 0 Å². The molecule has 0 spiro atoms. The van der Waals surface area contributed by atoms with Gasteiger partial charge >= 0.3 is 0 Å². The van der Waals surface area contributed by atoms with E-state index in [9.17, 15) is 0 Å². The molecular formula is C13H18Cl2N2. The summed E-state index contributed by atoms with van der Waals surface area (Å²) in [6.45, 7) is 5.40. The maximum absolute atomic E-state index is 6.10. The molecule has 4 heteroatoms. The normalized spacial score (nSPS) is 15.5. The van der Waals surface area contributed by atoms with Gasteiger partial charge in [-0.3, -0.25) is 4.90 Å². The van der Waals surface area contributed by atoms with Crippen LogP contribution in [-0.2, 0) is 6.54 Å². The van der Waals surface area contributed by atoms with Crippen LogP contribution in [-0.4, -0.2) is 23.0 Å². The molecule has 1 aliphatic carbocycles. The molecule has 2 nitrogen and oxygen atoms in total. The molecule has 1 heterocycles. The lowest BCUT2D eigenvalue weighted by Crippen LogP contribution is -2.26. The molecule has 0 unspecified atom stereocenters. The Balaban J connectivity index is 1.99. The zero-order chi connectivity index (χ0) is 12.3. The molecule has 17 heavy (non-hydrogen) atoms. The van der Waals surface area contributed by atoms with Gasteiger partial charge in [-0.05, 0) is 37.8 Å². The van der Waals surface area contributed by atoms with E-state index in [-0.39, 0.29) is 0 Å². The van der Waals surface area contributed by atoms with Crippen molar-refractivity contribution in [3.8, 4) is 0 Å². The van der Waals surface area contributed by atoms with Gasteiger partial charge < -0.3 is 0 Å². The van der Waals surface area contributed by atoms with E-state index in [2.05, 4.69) is 16.8 Å². The molecule has 1 fully saturated rings. The van der Waals surface area contributed by atoms with E-state index in [0.717, 1.165) is 24.6 Å². The summed E-state index contributed by atoms with van der Waals surface area (Å²) in [6, 6.07) is 3.79. The molecule has 0 saturated heterocycles. The maximum atomic E-state index is 6.10. The molecule has 1 saturated carbocycles. The summed E-state index contributed by atoms with van der Waals surface area (Å²) >= 11 is 11.9. The quantitative estimate of drug-likeness (QED) is 0.728. The van der Waals surface area contributed by atoms with E-state index in [1.807, 2.05) is 12.1 Å². The van der Waals surface area contributed by atoms with Crippen LogP contribution in [0.2, 0.25) is 10.3 Å².